The molecular weight excluding hydrogens is 559 g/mol. The summed E-state index contributed by atoms with van der Waals surface area (Å²) in [6.45, 7) is 0.253. The van der Waals surface area contributed by atoms with Gasteiger partial charge in [0.1, 0.15) is 16.7 Å². The summed E-state index contributed by atoms with van der Waals surface area (Å²) < 4.78 is 35.1. The minimum absolute atomic E-state index is 0.0635. The van der Waals surface area contributed by atoms with E-state index in [1.54, 1.807) is 43.5 Å². The number of alkyl halides is 3. The first kappa shape index (κ1) is 27.7. The van der Waals surface area contributed by atoms with Gasteiger partial charge in [-0.25, -0.2) is 4.99 Å². The molecular formula is C26H21Cl2F2N3O4S. The first-order valence-corrected chi connectivity index (χ1v) is 12.8. The Balaban J connectivity index is 1.53. The Labute approximate surface area is 231 Å². The van der Waals surface area contributed by atoms with E-state index in [1.807, 2.05) is 12.1 Å². The summed E-state index contributed by atoms with van der Waals surface area (Å²) in [4.78, 5) is 32.4. The number of anilines is 1. The van der Waals surface area contributed by atoms with Crippen LogP contribution in [0.3, 0.4) is 0 Å². The Morgan fingerprint density at radius 2 is 1.71 bits per heavy atom. The van der Waals surface area contributed by atoms with E-state index < -0.39 is 16.7 Å². The molecule has 1 N–H and O–H groups in total. The maximum absolute atomic E-state index is 13.2. The van der Waals surface area contributed by atoms with Crippen molar-refractivity contribution >= 4 is 63.3 Å². The number of thioether (sulfide) groups is 1. The molecule has 12 heteroatoms. The Morgan fingerprint density at radius 3 is 2.32 bits per heavy atom. The topological polar surface area (TPSA) is 80.2 Å². The van der Waals surface area contributed by atoms with Gasteiger partial charge < -0.3 is 14.8 Å². The van der Waals surface area contributed by atoms with Crippen LogP contribution in [0.25, 0.3) is 0 Å². The molecule has 1 saturated heterocycles. The fourth-order valence-electron chi connectivity index (χ4n) is 3.50. The molecule has 1 fully saturated rings. The fraction of sp³-hybridized carbons (Fsp3) is 0.192. The van der Waals surface area contributed by atoms with E-state index in [9.17, 15) is 18.4 Å². The highest BCUT2D eigenvalue weighted by Crippen LogP contribution is 2.32. The Hall–Kier alpha value is -3.34. The molecule has 4 rings (SSSR count). The average Bonchev–Trinajstić information content (AvgIpc) is 2.88. The van der Waals surface area contributed by atoms with Crippen LogP contribution < -0.4 is 14.8 Å². The molecule has 0 aliphatic carbocycles. The molecule has 0 spiro atoms. The van der Waals surface area contributed by atoms with Gasteiger partial charge in [0.2, 0.25) is 11.8 Å². The number of amides is 2. The van der Waals surface area contributed by atoms with Crippen molar-refractivity contribution in [3.8, 4) is 11.5 Å². The number of amidine groups is 1. The quantitative estimate of drug-likeness (QED) is 0.301. The number of hydrogen-bond acceptors (Lipinski definition) is 6. The van der Waals surface area contributed by atoms with Gasteiger partial charge in [0, 0.05) is 28.7 Å². The number of carbonyl (C=O) groups excluding carboxylic acids is 2. The summed E-state index contributed by atoms with van der Waals surface area (Å²) in [5.41, 5.74) is -2.08. The number of halogens is 4. The van der Waals surface area contributed by atoms with Crippen molar-refractivity contribution in [3.05, 3.63) is 83.4 Å². The molecule has 0 bridgehead atoms. The van der Waals surface area contributed by atoms with Crippen molar-refractivity contribution in [1.29, 1.82) is 0 Å². The molecule has 1 aliphatic heterocycles. The van der Waals surface area contributed by atoms with Crippen molar-refractivity contribution in [2.24, 2.45) is 4.99 Å². The van der Waals surface area contributed by atoms with Crippen LogP contribution in [0.1, 0.15) is 12.0 Å². The summed E-state index contributed by atoms with van der Waals surface area (Å²) in [7, 11) is 1.57. The number of hydrogen-bond donors (Lipinski definition) is 1. The van der Waals surface area contributed by atoms with Crippen LogP contribution >= 0.6 is 35.0 Å². The molecule has 1 aliphatic rings. The van der Waals surface area contributed by atoms with Gasteiger partial charge in [-0.1, -0.05) is 35.5 Å². The smallest absolute Gasteiger partial charge is 0.487 e. The molecule has 38 heavy (non-hydrogen) atoms. The highest BCUT2D eigenvalue weighted by Gasteiger charge is 2.36. The van der Waals surface area contributed by atoms with E-state index in [0.29, 0.717) is 27.3 Å². The van der Waals surface area contributed by atoms with Crippen LogP contribution in [0, 0.1) is 0 Å². The first-order chi connectivity index (χ1) is 18.1. The minimum Gasteiger partial charge on any atom is -0.497 e. The highest BCUT2D eigenvalue weighted by atomic mass is 35.5. The molecule has 198 valence electrons. The van der Waals surface area contributed by atoms with Crippen molar-refractivity contribution in [2.75, 3.05) is 12.4 Å². The van der Waals surface area contributed by atoms with Crippen LogP contribution in [0.5, 0.6) is 11.5 Å². The van der Waals surface area contributed by atoms with Gasteiger partial charge in [0.05, 0.1) is 19.3 Å². The predicted octanol–water partition coefficient (Wildman–Crippen LogP) is 6.68. The third-order valence-corrected chi connectivity index (χ3v) is 6.86. The summed E-state index contributed by atoms with van der Waals surface area (Å²) in [5, 5.41) is 2.82. The number of aliphatic imine (C=N–C) groups is 1. The van der Waals surface area contributed by atoms with Gasteiger partial charge in [-0.2, -0.15) is 0 Å². The standard InChI is InChI=1S/C26H21Cl2F2N3O4S/c1-36-20-10-2-16(3-11-20)15-33-23(34)14-22(38-25(33)32-19-6-4-17(27)5-7-19)24(35)31-18-8-12-21(13-9-18)37-26(28,29)30/h2-13,22H,14-15H2,1H3,(H,31,35)/t22-/m1/s1. The minimum atomic E-state index is -3.85. The summed E-state index contributed by atoms with van der Waals surface area (Å²) in [6, 6.07) is 19.4. The SMILES string of the molecule is COc1ccc(CN2C(=O)C[C@H](C(=O)Nc3ccc(OC(F)(F)Cl)cc3)SC2=Nc2ccc(Cl)cc2)cc1. The van der Waals surface area contributed by atoms with Gasteiger partial charge in [-0.3, -0.25) is 14.5 Å². The number of ether oxygens (including phenoxy) is 2. The summed E-state index contributed by atoms with van der Waals surface area (Å²) >= 11 is 11.9. The van der Waals surface area contributed by atoms with Crippen LogP contribution in [0.4, 0.5) is 20.2 Å². The molecule has 2 amide bonds. The lowest BCUT2D eigenvalue weighted by Crippen LogP contribution is -2.44. The lowest BCUT2D eigenvalue weighted by molar-refractivity contribution is -0.129. The monoisotopic (exact) mass is 579 g/mol. The van der Waals surface area contributed by atoms with E-state index in [-0.39, 0.29) is 24.6 Å². The molecule has 3 aromatic rings. The Morgan fingerprint density at radius 1 is 1.08 bits per heavy atom. The normalized spacial score (nSPS) is 16.9. The number of carbonyl (C=O) groups is 2. The lowest BCUT2D eigenvalue weighted by atomic mass is 10.2. The lowest BCUT2D eigenvalue weighted by Gasteiger charge is -2.32. The number of nitrogens with one attached hydrogen (secondary N) is 1. The van der Waals surface area contributed by atoms with E-state index in [2.05, 4.69) is 15.0 Å². The second-order valence-electron chi connectivity index (χ2n) is 8.07. The van der Waals surface area contributed by atoms with E-state index in [4.69, 9.17) is 27.9 Å². The van der Waals surface area contributed by atoms with Crippen LogP contribution in [0.15, 0.2) is 77.8 Å². The Kier molecular flexibility index (Phi) is 8.76. The largest absolute Gasteiger partial charge is 0.497 e. The zero-order valence-electron chi connectivity index (χ0n) is 19.9. The molecule has 0 aromatic heterocycles. The van der Waals surface area contributed by atoms with Crippen LogP contribution in [0.2, 0.25) is 5.02 Å². The van der Waals surface area contributed by atoms with Crippen molar-refractivity contribution in [2.45, 2.75) is 23.8 Å². The molecule has 1 heterocycles. The molecule has 3 aromatic carbocycles. The van der Waals surface area contributed by atoms with Crippen molar-refractivity contribution in [3.63, 3.8) is 0 Å². The third kappa shape index (κ3) is 7.59. The molecule has 0 saturated carbocycles. The number of methoxy groups -OCH3 is 1. The van der Waals surface area contributed by atoms with Gasteiger partial charge in [0.15, 0.2) is 5.17 Å². The van der Waals surface area contributed by atoms with E-state index in [1.165, 1.54) is 29.2 Å². The zero-order chi connectivity index (χ0) is 27.3. The summed E-state index contributed by atoms with van der Waals surface area (Å²) in [5.74, 6) is -0.194. The average molecular weight is 580 g/mol. The number of nitrogens with zero attached hydrogens (tertiary/aromatic N) is 2. The van der Waals surface area contributed by atoms with Gasteiger partial charge >= 0.3 is 5.57 Å². The highest BCUT2D eigenvalue weighted by molar-refractivity contribution is 8.15. The number of benzene rings is 3. The van der Waals surface area contributed by atoms with Gasteiger partial charge in [-0.15, -0.1) is 8.78 Å². The number of rotatable bonds is 8. The van der Waals surface area contributed by atoms with Gasteiger partial charge in [0.25, 0.3) is 0 Å². The third-order valence-electron chi connectivity index (χ3n) is 5.34. The maximum Gasteiger partial charge on any atom is 0.487 e. The van der Waals surface area contributed by atoms with Crippen molar-refractivity contribution in [1.82, 2.24) is 4.90 Å². The maximum atomic E-state index is 13.2. The zero-order valence-corrected chi connectivity index (χ0v) is 22.2. The Bertz CT molecular complexity index is 1320. The molecule has 0 unspecified atom stereocenters. The van der Waals surface area contributed by atoms with Crippen molar-refractivity contribution < 1.29 is 27.8 Å². The molecule has 1 atom stereocenters. The van der Waals surface area contributed by atoms with Gasteiger partial charge in [-0.05, 0) is 66.2 Å². The fourth-order valence-corrected chi connectivity index (χ4v) is 4.81. The van der Waals surface area contributed by atoms with E-state index in [0.717, 1.165) is 17.3 Å². The predicted molar refractivity (Wildman–Crippen MR) is 145 cm³/mol. The van der Waals surface area contributed by atoms with Crippen LogP contribution in [-0.4, -0.2) is 39.8 Å². The summed E-state index contributed by atoms with van der Waals surface area (Å²) in [6.07, 6.45) is -0.0635. The first-order valence-electron chi connectivity index (χ1n) is 11.2. The van der Waals surface area contributed by atoms with Crippen LogP contribution in [-0.2, 0) is 16.1 Å². The molecule has 0 radical (unpaired) electrons. The van der Waals surface area contributed by atoms with E-state index >= 15 is 0 Å². The second-order valence-corrected chi connectivity index (χ2v) is 10.1. The second kappa shape index (κ2) is 12.0. The molecule has 7 nitrogen and oxygen atoms in total.